The molecule has 0 bridgehead atoms. The van der Waals surface area contributed by atoms with Crippen LogP contribution in [-0.4, -0.2) is 6.47 Å². The van der Waals surface area contributed by atoms with Crippen LogP contribution in [0.2, 0.25) is 0 Å². The van der Waals surface area contributed by atoms with Crippen LogP contribution in [0.4, 0.5) is 0 Å². The molecule has 0 spiro atoms. The fourth-order valence-electron chi connectivity index (χ4n) is 0.651. The van der Waals surface area contributed by atoms with Crippen LogP contribution in [0.25, 0.3) is 0 Å². The average Bonchev–Trinajstić information content (AvgIpc) is 2.07. The maximum Gasteiger partial charge on any atom is 0.298 e. The predicted molar refractivity (Wildman–Crippen MR) is 56.2 cm³/mol. The molecule has 12 heavy (non-hydrogen) atoms. The first-order chi connectivity index (χ1) is 5.66. The summed E-state index contributed by atoms with van der Waals surface area (Å²) in [5, 5.41) is 0. The van der Waals surface area contributed by atoms with Gasteiger partial charge in [0.2, 0.25) is 0 Å². The molecule has 0 fully saturated rings. The number of rotatable bonds is 2. The van der Waals surface area contributed by atoms with Crippen molar-refractivity contribution in [3.05, 3.63) is 25.6 Å². The van der Waals surface area contributed by atoms with Gasteiger partial charge in [0.1, 0.15) is 5.75 Å². The van der Waals surface area contributed by atoms with Crippen LogP contribution >= 0.6 is 47.8 Å². The Morgan fingerprint density at radius 1 is 1.17 bits per heavy atom. The first-order valence-electron chi connectivity index (χ1n) is 2.90. The second kappa shape index (κ2) is 4.39. The van der Waals surface area contributed by atoms with Crippen LogP contribution in [0.3, 0.4) is 0 Å². The minimum atomic E-state index is 0.389. The Hall–Kier alpha value is 0.130. The quantitative estimate of drug-likeness (QED) is 0.597. The Morgan fingerprint density at radius 2 is 1.83 bits per heavy atom. The van der Waals surface area contributed by atoms with Crippen molar-refractivity contribution in [3.8, 4) is 5.75 Å². The van der Waals surface area contributed by atoms with Crippen molar-refractivity contribution >= 4 is 54.3 Å². The fourth-order valence-corrected chi connectivity index (χ4v) is 2.01. The van der Waals surface area contributed by atoms with Gasteiger partial charge in [0.05, 0.1) is 4.47 Å². The number of ether oxygens (including phenoxy) is 1. The number of hydrogen-bond donors (Lipinski definition) is 0. The van der Waals surface area contributed by atoms with Crippen molar-refractivity contribution in [1.82, 2.24) is 0 Å². The molecule has 1 aromatic rings. The van der Waals surface area contributed by atoms with Crippen molar-refractivity contribution < 1.29 is 9.53 Å². The normalized spacial score (nSPS) is 9.58. The maximum atomic E-state index is 10.1. The molecule has 0 aliphatic carbocycles. The monoisotopic (exact) mass is 356 g/mol. The first kappa shape index (κ1) is 10.2. The van der Waals surface area contributed by atoms with Gasteiger partial charge in [-0.1, -0.05) is 0 Å². The fraction of sp³-hybridized carbons (Fsp3) is 0. The van der Waals surface area contributed by atoms with E-state index in [0.717, 1.165) is 8.95 Å². The smallest absolute Gasteiger partial charge is 0.298 e. The summed E-state index contributed by atoms with van der Waals surface area (Å²) in [6.45, 7) is 0.389. The Kier molecular flexibility index (Phi) is 3.74. The van der Waals surface area contributed by atoms with Gasteiger partial charge in [0.15, 0.2) is 0 Å². The van der Waals surface area contributed by atoms with Crippen LogP contribution in [0.1, 0.15) is 0 Å². The highest BCUT2D eigenvalue weighted by atomic mass is 79.9. The number of carbonyl (C=O) groups is 1. The summed E-state index contributed by atoms with van der Waals surface area (Å²) in [4.78, 5) is 10.1. The van der Waals surface area contributed by atoms with Gasteiger partial charge >= 0.3 is 0 Å². The highest BCUT2D eigenvalue weighted by molar-refractivity contribution is 9.14. The SMILES string of the molecule is O=COc1ccc(Br)c(Br)c1Br. The molecule has 0 amide bonds. The second-order valence-electron chi connectivity index (χ2n) is 1.89. The second-order valence-corrected chi connectivity index (χ2v) is 4.33. The minimum absolute atomic E-state index is 0.389. The van der Waals surface area contributed by atoms with E-state index in [1.165, 1.54) is 0 Å². The van der Waals surface area contributed by atoms with E-state index in [1.54, 1.807) is 12.1 Å². The van der Waals surface area contributed by atoms with E-state index in [-0.39, 0.29) is 0 Å². The van der Waals surface area contributed by atoms with Gasteiger partial charge in [-0.2, -0.15) is 0 Å². The van der Waals surface area contributed by atoms with Crippen LogP contribution < -0.4 is 4.74 Å². The summed E-state index contributed by atoms with van der Waals surface area (Å²) >= 11 is 9.89. The third-order valence-corrected chi connectivity index (χ3v) is 4.51. The standard InChI is InChI=1S/C7H3Br3O2/c8-4-1-2-5(12-3-11)7(10)6(4)9/h1-3H. The number of halogens is 3. The van der Waals surface area contributed by atoms with Gasteiger partial charge in [-0.25, -0.2) is 0 Å². The van der Waals surface area contributed by atoms with Gasteiger partial charge < -0.3 is 4.74 Å². The van der Waals surface area contributed by atoms with Crippen LogP contribution in [0, 0.1) is 0 Å². The van der Waals surface area contributed by atoms with E-state index in [2.05, 4.69) is 47.8 Å². The minimum Gasteiger partial charge on any atom is -0.428 e. The lowest BCUT2D eigenvalue weighted by molar-refractivity contribution is -0.120. The molecule has 1 aromatic carbocycles. The maximum absolute atomic E-state index is 10.1. The molecular formula is C7H3Br3O2. The van der Waals surface area contributed by atoms with Gasteiger partial charge in [-0.15, -0.1) is 0 Å². The highest BCUT2D eigenvalue weighted by Crippen LogP contribution is 2.37. The Balaban J connectivity index is 3.16. The Labute approximate surface area is 94.7 Å². The molecule has 64 valence electrons. The van der Waals surface area contributed by atoms with Gasteiger partial charge in [0, 0.05) is 8.95 Å². The summed E-state index contributed by atoms with van der Waals surface area (Å²) in [5.41, 5.74) is 0. The van der Waals surface area contributed by atoms with Crippen molar-refractivity contribution in [2.24, 2.45) is 0 Å². The van der Waals surface area contributed by atoms with Crippen molar-refractivity contribution in [2.75, 3.05) is 0 Å². The molecule has 0 saturated heterocycles. The van der Waals surface area contributed by atoms with E-state index in [4.69, 9.17) is 4.74 Å². The molecule has 5 heteroatoms. The lowest BCUT2D eigenvalue weighted by Gasteiger charge is -2.04. The van der Waals surface area contributed by atoms with Crippen LogP contribution in [0.15, 0.2) is 25.6 Å². The van der Waals surface area contributed by atoms with Gasteiger partial charge in [0.25, 0.3) is 6.47 Å². The predicted octanol–water partition coefficient (Wildman–Crippen LogP) is 3.51. The molecule has 0 N–H and O–H groups in total. The summed E-state index contributed by atoms with van der Waals surface area (Å²) in [6, 6.07) is 3.47. The van der Waals surface area contributed by atoms with Gasteiger partial charge in [-0.3, -0.25) is 4.79 Å². The van der Waals surface area contributed by atoms with Crippen molar-refractivity contribution in [1.29, 1.82) is 0 Å². The summed E-state index contributed by atoms with van der Waals surface area (Å²) < 4.78 is 7.12. The molecule has 0 heterocycles. The largest absolute Gasteiger partial charge is 0.428 e. The molecular weight excluding hydrogens is 356 g/mol. The number of benzene rings is 1. The van der Waals surface area contributed by atoms with E-state index >= 15 is 0 Å². The highest BCUT2D eigenvalue weighted by Gasteiger charge is 2.07. The topological polar surface area (TPSA) is 26.3 Å². The average molecular weight is 359 g/mol. The molecule has 0 saturated carbocycles. The molecule has 0 aromatic heterocycles. The van der Waals surface area contributed by atoms with Crippen LogP contribution in [0.5, 0.6) is 5.75 Å². The molecule has 0 atom stereocenters. The molecule has 0 unspecified atom stereocenters. The molecule has 2 nitrogen and oxygen atoms in total. The van der Waals surface area contributed by atoms with E-state index in [9.17, 15) is 4.79 Å². The van der Waals surface area contributed by atoms with E-state index < -0.39 is 0 Å². The first-order valence-corrected chi connectivity index (χ1v) is 5.28. The zero-order valence-electron chi connectivity index (χ0n) is 5.68. The zero-order valence-corrected chi connectivity index (χ0v) is 10.4. The lowest BCUT2D eigenvalue weighted by Crippen LogP contribution is -1.89. The van der Waals surface area contributed by atoms with Crippen molar-refractivity contribution in [2.45, 2.75) is 0 Å². The third kappa shape index (κ3) is 2.08. The Bertz CT molecular complexity index is 312. The number of hydrogen-bond acceptors (Lipinski definition) is 2. The third-order valence-electron chi connectivity index (χ3n) is 1.17. The molecule has 0 aliphatic rings. The lowest BCUT2D eigenvalue weighted by atomic mass is 10.3. The van der Waals surface area contributed by atoms with E-state index in [1.807, 2.05) is 0 Å². The zero-order chi connectivity index (χ0) is 9.14. The number of carbonyl (C=O) groups excluding carboxylic acids is 1. The van der Waals surface area contributed by atoms with Crippen LogP contribution in [-0.2, 0) is 4.79 Å². The van der Waals surface area contributed by atoms with E-state index in [0.29, 0.717) is 16.7 Å². The Morgan fingerprint density at radius 3 is 2.42 bits per heavy atom. The molecule has 0 aliphatic heterocycles. The van der Waals surface area contributed by atoms with Gasteiger partial charge in [-0.05, 0) is 59.9 Å². The molecule has 0 radical (unpaired) electrons. The van der Waals surface area contributed by atoms with Crippen molar-refractivity contribution in [3.63, 3.8) is 0 Å². The summed E-state index contributed by atoms with van der Waals surface area (Å²) in [6.07, 6.45) is 0. The summed E-state index contributed by atoms with van der Waals surface area (Å²) in [5.74, 6) is 0.486. The summed E-state index contributed by atoms with van der Waals surface area (Å²) in [7, 11) is 0. The molecule has 1 rings (SSSR count).